The minimum absolute atomic E-state index is 0.294. The molecule has 1 N–H and O–H groups in total. The molecule has 1 heterocycles. The maximum Gasteiger partial charge on any atom is 0.344 e. The molecule has 0 aliphatic heterocycles. The largest absolute Gasteiger partial charge is 0.493 e. The maximum absolute atomic E-state index is 13.3. The van der Waals surface area contributed by atoms with E-state index in [2.05, 4.69) is 10.1 Å². The van der Waals surface area contributed by atoms with Gasteiger partial charge in [0.05, 0.1) is 27.8 Å². The van der Waals surface area contributed by atoms with E-state index in [4.69, 9.17) is 14.6 Å². The maximum atomic E-state index is 13.3. The molecule has 4 rings (SSSR count). The molecule has 0 amide bonds. The van der Waals surface area contributed by atoms with Crippen LogP contribution < -0.4 is 15.0 Å². The molecule has 0 saturated carbocycles. The van der Waals surface area contributed by atoms with Gasteiger partial charge in [0.15, 0.2) is 23.4 Å². The van der Waals surface area contributed by atoms with Crippen molar-refractivity contribution >= 4 is 45.7 Å². The Kier molecular flexibility index (Phi) is 6.92. The van der Waals surface area contributed by atoms with E-state index in [1.165, 1.54) is 24.9 Å². The predicted octanol–water partition coefficient (Wildman–Crippen LogP) is 4.41. The second kappa shape index (κ2) is 10.0. The smallest absolute Gasteiger partial charge is 0.344 e. The summed E-state index contributed by atoms with van der Waals surface area (Å²) >= 11 is 2.04. The van der Waals surface area contributed by atoms with Gasteiger partial charge >= 0.3 is 5.97 Å². The summed E-state index contributed by atoms with van der Waals surface area (Å²) in [4.78, 5) is 29.1. The number of rotatable bonds is 7. The van der Waals surface area contributed by atoms with Crippen molar-refractivity contribution in [3.63, 3.8) is 0 Å². The number of carboxylic acid groups (broad SMARTS) is 1. The number of fused-ring (bicyclic) bond motifs is 1. The van der Waals surface area contributed by atoms with Crippen molar-refractivity contribution in [2.24, 2.45) is 5.10 Å². The van der Waals surface area contributed by atoms with Gasteiger partial charge in [-0.2, -0.15) is 9.78 Å². The summed E-state index contributed by atoms with van der Waals surface area (Å²) in [7, 11) is 1.47. The van der Waals surface area contributed by atoms with Crippen molar-refractivity contribution in [3.05, 3.63) is 86.2 Å². The Bertz CT molecular complexity index is 1450. The number of hydrogen-bond acceptors (Lipinski definition) is 6. The number of aliphatic carboxylic acids is 1. The van der Waals surface area contributed by atoms with Gasteiger partial charge in [-0.25, -0.2) is 9.78 Å². The SMILES string of the molecule is COc1cc(C=Nn2c(-c3ccccc3)nc3ccccc3c2=O)cc(I)c1O[C@H](C)C(=O)O. The molecule has 0 spiro atoms. The molecule has 0 saturated heterocycles. The molecule has 8 nitrogen and oxygen atoms in total. The van der Waals surface area contributed by atoms with E-state index in [0.29, 0.717) is 37.4 Å². The molecule has 0 aliphatic rings. The van der Waals surface area contributed by atoms with Gasteiger partial charge in [0.1, 0.15) is 0 Å². The highest BCUT2D eigenvalue weighted by Gasteiger charge is 2.19. The number of nitrogens with zero attached hydrogens (tertiary/aromatic N) is 3. The van der Waals surface area contributed by atoms with Crippen LogP contribution in [0.2, 0.25) is 0 Å². The van der Waals surface area contributed by atoms with E-state index in [1.807, 2.05) is 59.0 Å². The van der Waals surface area contributed by atoms with Crippen molar-refractivity contribution in [3.8, 4) is 22.9 Å². The average Bonchev–Trinajstić information content (AvgIpc) is 2.85. The number of hydrogen-bond donors (Lipinski definition) is 1. The highest BCUT2D eigenvalue weighted by Crippen LogP contribution is 2.34. The molecule has 1 atom stereocenters. The van der Waals surface area contributed by atoms with Crippen LogP contribution >= 0.6 is 22.6 Å². The van der Waals surface area contributed by atoms with E-state index in [0.717, 1.165) is 5.56 Å². The third kappa shape index (κ3) is 4.79. The summed E-state index contributed by atoms with van der Waals surface area (Å²) in [5, 5.41) is 14.1. The fourth-order valence-electron chi connectivity index (χ4n) is 3.29. The van der Waals surface area contributed by atoms with E-state index in [9.17, 15) is 9.59 Å². The van der Waals surface area contributed by atoms with Crippen molar-refractivity contribution in [2.75, 3.05) is 7.11 Å². The molecular formula is C25H20IN3O5. The Morgan fingerprint density at radius 1 is 1.15 bits per heavy atom. The lowest BCUT2D eigenvalue weighted by molar-refractivity contribution is -0.144. The second-order valence-electron chi connectivity index (χ2n) is 7.31. The quantitative estimate of drug-likeness (QED) is 0.261. The Labute approximate surface area is 208 Å². The van der Waals surface area contributed by atoms with Crippen LogP contribution in [0.15, 0.2) is 76.6 Å². The Morgan fingerprint density at radius 2 is 1.85 bits per heavy atom. The Morgan fingerprint density at radius 3 is 2.56 bits per heavy atom. The van der Waals surface area contributed by atoms with Crippen LogP contribution in [0.4, 0.5) is 0 Å². The molecule has 172 valence electrons. The third-order valence-electron chi connectivity index (χ3n) is 5.00. The van der Waals surface area contributed by atoms with Crippen molar-refractivity contribution < 1.29 is 19.4 Å². The number of aromatic nitrogens is 2. The van der Waals surface area contributed by atoms with Gasteiger partial charge < -0.3 is 14.6 Å². The van der Waals surface area contributed by atoms with Crippen LogP contribution in [-0.4, -0.2) is 40.2 Å². The van der Waals surface area contributed by atoms with Crippen molar-refractivity contribution in [2.45, 2.75) is 13.0 Å². The first-order chi connectivity index (χ1) is 16.4. The number of methoxy groups -OCH3 is 1. The average molecular weight is 569 g/mol. The summed E-state index contributed by atoms with van der Waals surface area (Å²) in [5.74, 6) is 0.0101. The first-order valence-electron chi connectivity index (χ1n) is 10.3. The molecule has 3 aromatic carbocycles. The van der Waals surface area contributed by atoms with E-state index in [-0.39, 0.29) is 5.56 Å². The standard InChI is InChI=1S/C25H20IN3O5/c1-15(25(31)32)34-22-19(26)12-16(13-21(22)33-2)14-27-29-23(17-8-4-3-5-9-17)28-20-11-7-6-10-18(20)24(29)30/h3-15H,1-2H3,(H,31,32)/t15-/m1/s1. The third-order valence-corrected chi connectivity index (χ3v) is 5.80. The monoisotopic (exact) mass is 569 g/mol. The molecule has 9 heteroatoms. The van der Waals surface area contributed by atoms with E-state index < -0.39 is 12.1 Å². The van der Waals surface area contributed by atoms with Crippen LogP contribution in [-0.2, 0) is 4.79 Å². The van der Waals surface area contributed by atoms with Crippen LogP contribution in [0.5, 0.6) is 11.5 Å². The van der Waals surface area contributed by atoms with E-state index in [1.54, 1.807) is 30.3 Å². The number of benzene rings is 3. The zero-order valence-corrected chi connectivity index (χ0v) is 20.5. The van der Waals surface area contributed by atoms with Gasteiger partial charge in [-0.15, -0.1) is 0 Å². The van der Waals surface area contributed by atoms with Gasteiger partial charge in [0, 0.05) is 5.56 Å². The highest BCUT2D eigenvalue weighted by molar-refractivity contribution is 14.1. The predicted molar refractivity (Wildman–Crippen MR) is 138 cm³/mol. The van der Waals surface area contributed by atoms with Gasteiger partial charge in [0.2, 0.25) is 0 Å². The minimum Gasteiger partial charge on any atom is -0.493 e. The molecule has 34 heavy (non-hydrogen) atoms. The summed E-state index contributed by atoms with van der Waals surface area (Å²) in [6.07, 6.45) is 0.483. The number of carboxylic acids is 1. The lowest BCUT2D eigenvalue weighted by Crippen LogP contribution is -2.23. The number of ether oxygens (including phenoxy) is 2. The van der Waals surface area contributed by atoms with Crippen LogP contribution in [0.1, 0.15) is 12.5 Å². The van der Waals surface area contributed by atoms with Crippen LogP contribution in [0.25, 0.3) is 22.3 Å². The summed E-state index contributed by atoms with van der Waals surface area (Å²) in [6, 6.07) is 19.9. The van der Waals surface area contributed by atoms with Crippen molar-refractivity contribution in [1.29, 1.82) is 0 Å². The fourth-order valence-corrected chi connectivity index (χ4v) is 4.04. The van der Waals surface area contributed by atoms with Crippen LogP contribution in [0, 0.1) is 3.57 Å². The zero-order valence-electron chi connectivity index (χ0n) is 18.3. The highest BCUT2D eigenvalue weighted by atomic mass is 127. The second-order valence-corrected chi connectivity index (χ2v) is 8.47. The summed E-state index contributed by atoms with van der Waals surface area (Å²) in [5.41, 5.74) is 1.68. The Hall–Kier alpha value is -3.73. The lowest BCUT2D eigenvalue weighted by atomic mass is 10.2. The van der Waals surface area contributed by atoms with Gasteiger partial charge in [-0.3, -0.25) is 4.79 Å². The lowest BCUT2D eigenvalue weighted by Gasteiger charge is -2.16. The molecule has 0 aliphatic carbocycles. The number of para-hydroxylation sites is 1. The molecular weight excluding hydrogens is 549 g/mol. The molecule has 0 bridgehead atoms. The minimum atomic E-state index is -1.08. The van der Waals surface area contributed by atoms with Gasteiger partial charge in [-0.1, -0.05) is 42.5 Å². The molecule has 1 aromatic heterocycles. The fraction of sp³-hybridized carbons (Fsp3) is 0.120. The van der Waals surface area contributed by atoms with Gasteiger partial charge in [0.25, 0.3) is 5.56 Å². The normalized spacial score (nSPS) is 12.1. The van der Waals surface area contributed by atoms with Crippen molar-refractivity contribution in [1.82, 2.24) is 9.66 Å². The van der Waals surface area contributed by atoms with Crippen LogP contribution in [0.3, 0.4) is 0 Å². The molecule has 0 fully saturated rings. The first kappa shape index (κ1) is 23.4. The molecule has 4 aromatic rings. The van der Waals surface area contributed by atoms with Gasteiger partial charge in [-0.05, 0) is 59.3 Å². The molecule has 0 unspecified atom stereocenters. The number of halogens is 1. The molecule has 0 radical (unpaired) electrons. The first-order valence-corrected chi connectivity index (χ1v) is 11.4. The summed E-state index contributed by atoms with van der Waals surface area (Å²) < 4.78 is 12.9. The zero-order chi connectivity index (χ0) is 24.2. The topological polar surface area (TPSA) is 103 Å². The van der Waals surface area contributed by atoms with E-state index >= 15 is 0 Å². The Balaban J connectivity index is 1.81. The number of carbonyl (C=O) groups is 1. The summed E-state index contributed by atoms with van der Waals surface area (Å²) in [6.45, 7) is 1.44.